The molecule has 0 nitrogen and oxygen atoms in total. The van der Waals surface area contributed by atoms with E-state index >= 15 is 0 Å². The molecular weight excluding hydrogens is 355 g/mol. The quantitative estimate of drug-likeness (QED) is 0.104. The van der Waals surface area contributed by atoms with Crippen molar-refractivity contribution in [1.29, 1.82) is 0 Å². The Morgan fingerprint density at radius 1 is 0.286 bits per heavy atom. The van der Waals surface area contributed by atoms with Crippen molar-refractivity contribution >= 4 is 9.24 Å². The maximum Gasteiger partial charge on any atom is -0.0242 e. The highest BCUT2D eigenvalue weighted by Crippen LogP contribution is 2.15. The molecule has 0 heterocycles. The SMILES string of the molecule is CCCCCCCCCCCCCCCCCCCCCCCCCCC[P]. The van der Waals surface area contributed by atoms with Crippen LogP contribution in [-0.2, 0) is 0 Å². The predicted molar refractivity (Wildman–Crippen MR) is 133 cm³/mol. The largest absolute Gasteiger partial charge is 0.0654 e. The van der Waals surface area contributed by atoms with E-state index in [2.05, 4.69) is 16.2 Å². The van der Waals surface area contributed by atoms with Gasteiger partial charge in [0.1, 0.15) is 0 Å². The highest BCUT2D eigenvalue weighted by Gasteiger charge is 1.96. The molecule has 0 amide bonds. The molecule has 0 atom stereocenters. The standard InChI is InChI=1S/C27H55P/c1-2-3-4-5-6-7-8-9-10-11-12-13-14-15-16-17-18-19-20-21-22-23-24-25-26-27-28/h2-27H2,1H3. The van der Waals surface area contributed by atoms with Gasteiger partial charge in [-0.25, -0.2) is 0 Å². The Balaban J connectivity index is 2.96. The van der Waals surface area contributed by atoms with Gasteiger partial charge in [0.25, 0.3) is 0 Å². The van der Waals surface area contributed by atoms with Crippen LogP contribution in [0.15, 0.2) is 0 Å². The van der Waals surface area contributed by atoms with Crippen molar-refractivity contribution < 1.29 is 0 Å². The highest BCUT2D eigenvalue weighted by atomic mass is 31.0. The molecule has 2 radical (unpaired) electrons. The third-order valence-corrected chi connectivity index (χ3v) is 6.58. The number of hydrogen-bond acceptors (Lipinski definition) is 0. The molecule has 0 aromatic carbocycles. The third-order valence-electron chi connectivity index (χ3n) is 6.26. The highest BCUT2D eigenvalue weighted by molar-refractivity contribution is 7.16. The molecule has 0 aliphatic carbocycles. The van der Waals surface area contributed by atoms with Gasteiger partial charge in [0, 0.05) is 0 Å². The van der Waals surface area contributed by atoms with E-state index < -0.39 is 0 Å². The summed E-state index contributed by atoms with van der Waals surface area (Å²) in [5, 5.41) is 0. The average Bonchev–Trinajstić information content (AvgIpc) is 2.71. The zero-order valence-electron chi connectivity index (χ0n) is 19.8. The first-order valence-electron chi connectivity index (χ1n) is 13.5. The minimum Gasteiger partial charge on any atom is -0.0654 e. The van der Waals surface area contributed by atoms with Crippen molar-refractivity contribution in [3.05, 3.63) is 0 Å². The van der Waals surface area contributed by atoms with Crippen LogP contribution >= 0.6 is 9.24 Å². The van der Waals surface area contributed by atoms with Gasteiger partial charge >= 0.3 is 0 Å². The molecular formula is C27H55P. The van der Waals surface area contributed by atoms with Crippen LogP contribution in [0.1, 0.15) is 167 Å². The monoisotopic (exact) mass is 410 g/mol. The topological polar surface area (TPSA) is 0 Å². The minimum absolute atomic E-state index is 1.07. The second-order valence-corrected chi connectivity index (χ2v) is 9.66. The maximum atomic E-state index is 4.27. The average molecular weight is 411 g/mol. The molecule has 0 saturated carbocycles. The summed E-state index contributed by atoms with van der Waals surface area (Å²) in [6, 6.07) is 0. The Kier molecular flexibility index (Phi) is 27.9. The lowest BCUT2D eigenvalue weighted by molar-refractivity contribution is 0.517. The molecule has 0 unspecified atom stereocenters. The van der Waals surface area contributed by atoms with Crippen molar-refractivity contribution in [2.75, 3.05) is 6.16 Å². The van der Waals surface area contributed by atoms with Crippen LogP contribution in [0.25, 0.3) is 0 Å². The molecule has 0 aliphatic heterocycles. The van der Waals surface area contributed by atoms with Crippen LogP contribution in [-0.4, -0.2) is 6.16 Å². The van der Waals surface area contributed by atoms with Crippen molar-refractivity contribution in [3.8, 4) is 0 Å². The van der Waals surface area contributed by atoms with E-state index in [1.165, 1.54) is 161 Å². The Bertz CT molecular complexity index is 225. The summed E-state index contributed by atoms with van der Waals surface area (Å²) in [5.74, 6) is 0. The molecule has 0 saturated heterocycles. The zero-order valence-corrected chi connectivity index (χ0v) is 20.7. The van der Waals surface area contributed by atoms with Crippen LogP contribution in [0.4, 0.5) is 0 Å². The summed E-state index contributed by atoms with van der Waals surface area (Å²) in [4.78, 5) is 0. The number of unbranched alkanes of at least 4 members (excludes halogenated alkanes) is 24. The third kappa shape index (κ3) is 26.4. The lowest BCUT2D eigenvalue weighted by atomic mass is 10.0. The predicted octanol–water partition coefficient (Wildman–Crippen LogP) is 11.2. The van der Waals surface area contributed by atoms with Crippen molar-refractivity contribution in [2.45, 2.75) is 167 Å². The molecule has 0 bridgehead atoms. The summed E-state index contributed by atoms with van der Waals surface area (Å²) < 4.78 is 0. The van der Waals surface area contributed by atoms with Gasteiger partial charge in [-0.3, -0.25) is 0 Å². The van der Waals surface area contributed by atoms with Gasteiger partial charge in [0.2, 0.25) is 0 Å². The normalized spacial score (nSPS) is 11.4. The molecule has 0 rings (SSSR count). The minimum atomic E-state index is 1.07. The molecule has 0 aromatic heterocycles. The van der Waals surface area contributed by atoms with E-state index in [1.54, 1.807) is 0 Å². The molecule has 0 N–H and O–H groups in total. The first kappa shape index (κ1) is 28.4. The van der Waals surface area contributed by atoms with Gasteiger partial charge in [0.05, 0.1) is 0 Å². The molecule has 0 spiro atoms. The van der Waals surface area contributed by atoms with Gasteiger partial charge in [-0.05, 0) is 21.8 Å². The van der Waals surface area contributed by atoms with Crippen LogP contribution < -0.4 is 0 Å². The second kappa shape index (κ2) is 27.4. The van der Waals surface area contributed by atoms with E-state index in [0.29, 0.717) is 0 Å². The Hall–Kier alpha value is 0.430. The first-order chi connectivity index (χ1) is 13.9. The maximum absolute atomic E-state index is 4.27. The second-order valence-electron chi connectivity index (χ2n) is 9.21. The lowest BCUT2D eigenvalue weighted by Crippen LogP contribution is -1.84. The molecule has 1 heteroatoms. The van der Waals surface area contributed by atoms with Gasteiger partial charge in [-0.15, -0.1) is 0 Å². The van der Waals surface area contributed by atoms with Crippen LogP contribution in [0.5, 0.6) is 0 Å². The summed E-state index contributed by atoms with van der Waals surface area (Å²) >= 11 is 0. The first-order valence-corrected chi connectivity index (χ1v) is 14.2. The fourth-order valence-corrected chi connectivity index (χ4v) is 4.47. The summed E-state index contributed by atoms with van der Waals surface area (Å²) in [7, 11) is 4.27. The fraction of sp³-hybridized carbons (Fsp3) is 1.00. The lowest BCUT2D eigenvalue weighted by Gasteiger charge is -2.04. The van der Waals surface area contributed by atoms with Crippen LogP contribution in [0, 0.1) is 0 Å². The number of rotatable bonds is 25. The summed E-state index contributed by atoms with van der Waals surface area (Å²) in [6.07, 6.45) is 37.6. The summed E-state index contributed by atoms with van der Waals surface area (Å²) in [6.45, 7) is 2.30. The summed E-state index contributed by atoms with van der Waals surface area (Å²) in [5.41, 5.74) is 0. The van der Waals surface area contributed by atoms with Crippen molar-refractivity contribution in [1.82, 2.24) is 0 Å². The Labute approximate surface area is 183 Å². The van der Waals surface area contributed by atoms with Gasteiger partial charge in [0.15, 0.2) is 0 Å². The van der Waals surface area contributed by atoms with Crippen molar-refractivity contribution in [2.24, 2.45) is 0 Å². The molecule has 0 aromatic rings. The molecule has 168 valence electrons. The molecule has 28 heavy (non-hydrogen) atoms. The van der Waals surface area contributed by atoms with Crippen LogP contribution in [0.3, 0.4) is 0 Å². The zero-order chi connectivity index (χ0) is 20.4. The van der Waals surface area contributed by atoms with E-state index in [9.17, 15) is 0 Å². The number of hydrogen-bond donors (Lipinski definition) is 0. The Morgan fingerprint density at radius 2 is 0.464 bits per heavy atom. The van der Waals surface area contributed by atoms with Gasteiger partial charge < -0.3 is 0 Å². The van der Waals surface area contributed by atoms with E-state index in [-0.39, 0.29) is 0 Å². The Morgan fingerprint density at radius 3 is 0.643 bits per heavy atom. The van der Waals surface area contributed by atoms with Gasteiger partial charge in [-0.2, -0.15) is 0 Å². The van der Waals surface area contributed by atoms with Crippen molar-refractivity contribution in [3.63, 3.8) is 0 Å². The van der Waals surface area contributed by atoms with Crippen LogP contribution in [0.2, 0.25) is 0 Å². The van der Waals surface area contributed by atoms with Gasteiger partial charge in [-0.1, -0.05) is 161 Å². The molecule has 0 fully saturated rings. The molecule has 0 aliphatic rings. The smallest absolute Gasteiger partial charge is 0.0242 e. The van der Waals surface area contributed by atoms with E-state index in [0.717, 1.165) is 6.16 Å². The van der Waals surface area contributed by atoms with E-state index in [1.807, 2.05) is 0 Å². The van der Waals surface area contributed by atoms with E-state index in [4.69, 9.17) is 0 Å². The fourth-order valence-electron chi connectivity index (χ4n) is 4.25.